The third-order valence-corrected chi connectivity index (χ3v) is 4.51. The third kappa shape index (κ3) is 4.40. The molecule has 0 fully saturated rings. The molecule has 1 amide bonds. The largest absolute Gasteiger partial charge is 0.448 e. The van der Waals surface area contributed by atoms with E-state index in [2.05, 4.69) is 10.3 Å². The van der Waals surface area contributed by atoms with Crippen molar-refractivity contribution in [2.75, 3.05) is 11.1 Å². The van der Waals surface area contributed by atoms with Crippen LogP contribution in [0.2, 0.25) is 10.0 Å². The Hall–Kier alpha value is -2.71. The van der Waals surface area contributed by atoms with Gasteiger partial charge < -0.3 is 15.5 Å². The number of benzene rings is 2. The van der Waals surface area contributed by atoms with E-state index in [9.17, 15) is 18.0 Å². The number of amides is 1. The highest BCUT2D eigenvalue weighted by molar-refractivity contribution is 6.36. The van der Waals surface area contributed by atoms with E-state index < -0.39 is 17.6 Å². The van der Waals surface area contributed by atoms with Gasteiger partial charge in [0.2, 0.25) is 0 Å². The molecule has 3 N–H and O–H groups in total. The lowest BCUT2D eigenvalue weighted by atomic mass is 10.1. The van der Waals surface area contributed by atoms with Crippen molar-refractivity contribution >= 4 is 40.5 Å². The number of hydrogen-bond donors (Lipinski definition) is 2. The van der Waals surface area contributed by atoms with Gasteiger partial charge in [0, 0.05) is 10.0 Å². The minimum atomic E-state index is -4.53. The number of aromatic nitrogens is 1. The molecule has 0 unspecified atom stereocenters. The number of anilines is 2. The lowest BCUT2D eigenvalue weighted by Crippen LogP contribution is -2.14. The second-order valence-corrected chi connectivity index (χ2v) is 6.57. The van der Waals surface area contributed by atoms with Gasteiger partial charge in [0.05, 0.1) is 23.4 Å². The minimum absolute atomic E-state index is 0.0247. The molecule has 0 saturated carbocycles. The van der Waals surface area contributed by atoms with Gasteiger partial charge in [0.15, 0.2) is 11.6 Å². The van der Waals surface area contributed by atoms with Crippen LogP contribution in [0.15, 0.2) is 47.1 Å². The number of nitrogens with two attached hydrogens (primary N) is 1. The Morgan fingerprint density at radius 2 is 1.86 bits per heavy atom. The van der Waals surface area contributed by atoms with Crippen LogP contribution in [0.1, 0.15) is 27.5 Å². The number of hydrogen-bond acceptors (Lipinski definition) is 4. The molecule has 1 heterocycles. The molecule has 1 aromatic heterocycles. The van der Waals surface area contributed by atoms with Crippen molar-refractivity contribution in [3.05, 3.63) is 75.4 Å². The summed E-state index contributed by atoms with van der Waals surface area (Å²) in [5.74, 6) is -0.493. The molecule has 0 aliphatic heterocycles. The van der Waals surface area contributed by atoms with E-state index >= 15 is 0 Å². The van der Waals surface area contributed by atoms with Gasteiger partial charge in [-0.25, -0.2) is 4.98 Å². The standard InChI is InChI=1S/C18H12Cl2F3N3O2/c19-11-2-1-3-12(20)10(11)7-16-25-15(8-28-16)17(27)26-14-5-4-9(6-13(14)24)18(21,22)23/h1-6,8H,7,24H2,(H,26,27). The number of carbonyl (C=O) groups excluding carboxylic acids is 1. The zero-order chi connectivity index (χ0) is 20.5. The molecule has 0 aliphatic carbocycles. The van der Waals surface area contributed by atoms with Gasteiger partial charge in [0.25, 0.3) is 5.91 Å². The topological polar surface area (TPSA) is 81.1 Å². The predicted octanol–water partition coefficient (Wildman–Crippen LogP) is 5.43. The Balaban J connectivity index is 1.74. The maximum Gasteiger partial charge on any atom is 0.416 e. The van der Waals surface area contributed by atoms with E-state index in [-0.39, 0.29) is 29.4 Å². The van der Waals surface area contributed by atoms with Crippen molar-refractivity contribution in [1.82, 2.24) is 4.98 Å². The number of carbonyl (C=O) groups is 1. The molecule has 146 valence electrons. The van der Waals surface area contributed by atoms with E-state index in [0.29, 0.717) is 15.6 Å². The summed E-state index contributed by atoms with van der Waals surface area (Å²) in [6, 6.07) is 7.64. The summed E-state index contributed by atoms with van der Waals surface area (Å²) in [4.78, 5) is 16.3. The molecule has 28 heavy (non-hydrogen) atoms. The van der Waals surface area contributed by atoms with Crippen LogP contribution in [0.5, 0.6) is 0 Å². The zero-order valence-corrected chi connectivity index (χ0v) is 15.5. The van der Waals surface area contributed by atoms with Crippen molar-refractivity contribution in [1.29, 1.82) is 0 Å². The summed E-state index contributed by atoms with van der Waals surface area (Å²) < 4.78 is 43.3. The Labute approximate surface area is 167 Å². The van der Waals surface area contributed by atoms with E-state index in [1.807, 2.05) is 0 Å². The van der Waals surface area contributed by atoms with E-state index in [0.717, 1.165) is 24.5 Å². The van der Waals surface area contributed by atoms with Crippen LogP contribution in [0.3, 0.4) is 0 Å². The highest BCUT2D eigenvalue weighted by Gasteiger charge is 2.31. The van der Waals surface area contributed by atoms with Gasteiger partial charge in [-0.15, -0.1) is 0 Å². The Morgan fingerprint density at radius 3 is 2.46 bits per heavy atom. The number of rotatable bonds is 4. The molecule has 10 heteroatoms. The highest BCUT2D eigenvalue weighted by Crippen LogP contribution is 2.33. The summed E-state index contributed by atoms with van der Waals surface area (Å²) in [7, 11) is 0. The van der Waals surface area contributed by atoms with Gasteiger partial charge >= 0.3 is 6.18 Å². The number of alkyl halides is 3. The van der Waals surface area contributed by atoms with E-state index in [1.54, 1.807) is 18.2 Å². The quantitative estimate of drug-likeness (QED) is 0.542. The predicted molar refractivity (Wildman–Crippen MR) is 99.6 cm³/mol. The smallest absolute Gasteiger partial charge is 0.416 e. The van der Waals surface area contributed by atoms with Crippen molar-refractivity contribution < 1.29 is 22.4 Å². The van der Waals surface area contributed by atoms with Crippen LogP contribution in [-0.4, -0.2) is 10.9 Å². The lowest BCUT2D eigenvalue weighted by molar-refractivity contribution is -0.137. The molecule has 0 atom stereocenters. The molecule has 0 aliphatic rings. The monoisotopic (exact) mass is 429 g/mol. The van der Waals surface area contributed by atoms with Crippen LogP contribution in [0.25, 0.3) is 0 Å². The fourth-order valence-corrected chi connectivity index (χ4v) is 2.92. The van der Waals surface area contributed by atoms with Crippen molar-refractivity contribution in [3.63, 3.8) is 0 Å². The van der Waals surface area contributed by atoms with Gasteiger partial charge in [-0.3, -0.25) is 4.79 Å². The molecular formula is C18H12Cl2F3N3O2. The first-order valence-electron chi connectivity index (χ1n) is 7.80. The van der Waals surface area contributed by atoms with Gasteiger partial charge in [-0.2, -0.15) is 13.2 Å². The first-order valence-corrected chi connectivity index (χ1v) is 8.56. The summed E-state index contributed by atoms with van der Waals surface area (Å²) in [6.45, 7) is 0. The summed E-state index contributed by atoms with van der Waals surface area (Å²) in [5.41, 5.74) is 5.00. The van der Waals surface area contributed by atoms with Crippen LogP contribution in [0, 0.1) is 0 Å². The molecule has 0 bridgehead atoms. The first-order chi connectivity index (χ1) is 13.1. The van der Waals surface area contributed by atoms with E-state index in [1.165, 1.54) is 0 Å². The number of halogens is 5. The SMILES string of the molecule is Nc1cc(C(F)(F)F)ccc1NC(=O)c1coc(Cc2c(Cl)cccc2Cl)n1. The van der Waals surface area contributed by atoms with Crippen LogP contribution in [0.4, 0.5) is 24.5 Å². The van der Waals surface area contributed by atoms with Gasteiger partial charge in [-0.1, -0.05) is 29.3 Å². The van der Waals surface area contributed by atoms with Crippen LogP contribution < -0.4 is 11.1 Å². The summed E-state index contributed by atoms with van der Waals surface area (Å²) >= 11 is 12.2. The van der Waals surface area contributed by atoms with Crippen LogP contribution >= 0.6 is 23.2 Å². The van der Waals surface area contributed by atoms with E-state index in [4.69, 9.17) is 33.4 Å². The van der Waals surface area contributed by atoms with Crippen molar-refractivity contribution in [3.8, 4) is 0 Å². The fourth-order valence-electron chi connectivity index (χ4n) is 2.39. The Morgan fingerprint density at radius 1 is 1.18 bits per heavy atom. The summed E-state index contributed by atoms with van der Waals surface area (Å²) in [5, 5.41) is 3.25. The number of oxazole rings is 1. The maximum atomic E-state index is 12.7. The molecule has 5 nitrogen and oxygen atoms in total. The molecule has 3 rings (SSSR count). The van der Waals surface area contributed by atoms with Crippen molar-refractivity contribution in [2.24, 2.45) is 0 Å². The summed E-state index contributed by atoms with van der Waals surface area (Å²) in [6.07, 6.45) is -3.25. The Bertz CT molecular complexity index is 1010. The second-order valence-electron chi connectivity index (χ2n) is 5.76. The third-order valence-electron chi connectivity index (χ3n) is 3.80. The van der Waals surface area contributed by atoms with Gasteiger partial charge in [-0.05, 0) is 35.9 Å². The molecule has 0 saturated heterocycles. The average Bonchev–Trinajstić information content (AvgIpc) is 3.08. The second kappa shape index (κ2) is 7.73. The first kappa shape index (κ1) is 20.0. The fraction of sp³-hybridized carbons (Fsp3) is 0.111. The minimum Gasteiger partial charge on any atom is -0.448 e. The average molecular weight is 430 g/mol. The molecule has 0 radical (unpaired) electrons. The van der Waals surface area contributed by atoms with Crippen molar-refractivity contribution in [2.45, 2.75) is 12.6 Å². The molecule has 3 aromatic rings. The number of nitrogens with zero attached hydrogens (tertiary/aromatic N) is 1. The molecule has 0 spiro atoms. The molecule has 2 aromatic carbocycles. The normalized spacial score (nSPS) is 11.5. The highest BCUT2D eigenvalue weighted by atomic mass is 35.5. The number of nitrogens with one attached hydrogen (secondary N) is 1. The maximum absolute atomic E-state index is 12.7. The zero-order valence-electron chi connectivity index (χ0n) is 14.0. The van der Waals surface area contributed by atoms with Crippen LogP contribution in [-0.2, 0) is 12.6 Å². The Kier molecular flexibility index (Phi) is 5.53. The lowest BCUT2D eigenvalue weighted by Gasteiger charge is -2.11. The van der Waals surface area contributed by atoms with Gasteiger partial charge in [0.1, 0.15) is 6.26 Å². The molecular weight excluding hydrogens is 418 g/mol. The number of nitrogen functional groups attached to an aromatic ring is 1.